The van der Waals surface area contributed by atoms with Gasteiger partial charge in [0.15, 0.2) is 11.5 Å². The van der Waals surface area contributed by atoms with Gasteiger partial charge in [0.2, 0.25) is 5.91 Å². The van der Waals surface area contributed by atoms with E-state index in [1.807, 2.05) is 36.9 Å². The van der Waals surface area contributed by atoms with Crippen molar-refractivity contribution in [1.82, 2.24) is 14.9 Å². The summed E-state index contributed by atoms with van der Waals surface area (Å²) in [6, 6.07) is 11.0. The zero-order valence-electron chi connectivity index (χ0n) is 16.9. The summed E-state index contributed by atoms with van der Waals surface area (Å²) in [5.74, 6) is 1.26. The molecule has 1 heterocycles. The van der Waals surface area contributed by atoms with E-state index in [1.165, 1.54) is 0 Å². The van der Waals surface area contributed by atoms with E-state index in [1.54, 1.807) is 25.3 Å². The standard InChI is InChI=1S/C21H26N4O4/c1-4-25(12-14-6-9-18(29-5-2)19(10-14)28-3)13-20(26)22-15-7-8-16-17(11-15)24-21(27)23-16/h6-11H,4-5,12-13H2,1-3H3,(H,22,26)(H2,23,24,27). The molecule has 154 valence electrons. The molecule has 3 aromatic rings. The number of aromatic nitrogens is 2. The molecule has 0 radical (unpaired) electrons. The number of carbonyl (C=O) groups is 1. The zero-order chi connectivity index (χ0) is 20.8. The fraction of sp³-hybridized carbons (Fsp3) is 0.333. The highest BCUT2D eigenvalue weighted by Crippen LogP contribution is 2.28. The van der Waals surface area contributed by atoms with Gasteiger partial charge in [0, 0.05) is 12.2 Å². The van der Waals surface area contributed by atoms with Crippen LogP contribution in [0.2, 0.25) is 0 Å². The molecule has 0 unspecified atom stereocenters. The van der Waals surface area contributed by atoms with Gasteiger partial charge in [-0.2, -0.15) is 0 Å². The molecular formula is C21H26N4O4. The van der Waals surface area contributed by atoms with Gasteiger partial charge >= 0.3 is 5.69 Å². The maximum absolute atomic E-state index is 12.5. The minimum absolute atomic E-state index is 0.123. The van der Waals surface area contributed by atoms with Crippen LogP contribution in [0.4, 0.5) is 5.69 Å². The minimum atomic E-state index is -0.272. The van der Waals surface area contributed by atoms with Crippen LogP contribution in [0.15, 0.2) is 41.2 Å². The molecule has 1 amide bonds. The van der Waals surface area contributed by atoms with Gasteiger partial charge in [-0.3, -0.25) is 9.69 Å². The second kappa shape index (κ2) is 9.29. The van der Waals surface area contributed by atoms with Gasteiger partial charge in [-0.05, 0) is 49.4 Å². The SMILES string of the molecule is CCOc1ccc(CN(CC)CC(=O)Nc2ccc3[nH]c(=O)[nH]c3c2)cc1OC. The second-order valence-electron chi connectivity index (χ2n) is 6.61. The summed E-state index contributed by atoms with van der Waals surface area (Å²) in [5, 5.41) is 2.88. The van der Waals surface area contributed by atoms with Gasteiger partial charge in [0.1, 0.15) is 0 Å². The highest BCUT2D eigenvalue weighted by molar-refractivity contribution is 5.94. The molecule has 0 aliphatic carbocycles. The number of hydrogen-bond acceptors (Lipinski definition) is 5. The normalized spacial score (nSPS) is 11.0. The smallest absolute Gasteiger partial charge is 0.323 e. The summed E-state index contributed by atoms with van der Waals surface area (Å²) >= 11 is 0. The van der Waals surface area contributed by atoms with E-state index in [4.69, 9.17) is 9.47 Å². The molecule has 2 aromatic carbocycles. The number of likely N-dealkylation sites (N-methyl/N-ethyl adjacent to an activating group) is 1. The third kappa shape index (κ3) is 5.17. The van der Waals surface area contributed by atoms with Crippen molar-refractivity contribution >= 4 is 22.6 Å². The Labute approximate surface area is 168 Å². The molecule has 1 aromatic heterocycles. The van der Waals surface area contributed by atoms with Gasteiger partial charge in [-0.1, -0.05) is 13.0 Å². The van der Waals surface area contributed by atoms with E-state index >= 15 is 0 Å². The topological polar surface area (TPSA) is 99.5 Å². The Bertz CT molecular complexity index is 1040. The molecule has 0 spiro atoms. The summed E-state index contributed by atoms with van der Waals surface area (Å²) in [4.78, 5) is 31.3. The van der Waals surface area contributed by atoms with Crippen molar-refractivity contribution in [2.24, 2.45) is 0 Å². The lowest BCUT2D eigenvalue weighted by molar-refractivity contribution is -0.117. The number of amides is 1. The Morgan fingerprint density at radius 1 is 1.07 bits per heavy atom. The van der Waals surface area contributed by atoms with Crippen LogP contribution in [-0.2, 0) is 11.3 Å². The fourth-order valence-corrected chi connectivity index (χ4v) is 3.14. The van der Waals surface area contributed by atoms with E-state index in [-0.39, 0.29) is 18.1 Å². The number of ether oxygens (including phenoxy) is 2. The van der Waals surface area contributed by atoms with Gasteiger partial charge in [0.05, 0.1) is 31.3 Å². The number of fused-ring (bicyclic) bond motifs is 1. The largest absolute Gasteiger partial charge is 0.493 e. The molecule has 0 saturated carbocycles. The Balaban J connectivity index is 1.63. The van der Waals surface area contributed by atoms with Gasteiger partial charge in [0.25, 0.3) is 0 Å². The van der Waals surface area contributed by atoms with Crippen molar-refractivity contribution in [3.05, 3.63) is 52.4 Å². The van der Waals surface area contributed by atoms with Crippen LogP contribution in [0.25, 0.3) is 11.0 Å². The van der Waals surface area contributed by atoms with E-state index < -0.39 is 0 Å². The van der Waals surface area contributed by atoms with E-state index in [2.05, 4.69) is 15.3 Å². The van der Waals surface area contributed by atoms with Crippen molar-refractivity contribution in [3.63, 3.8) is 0 Å². The van der Waals surface area contributed by atoms with Crippen molar-refractivity contribution in [2.45, 2.75) is 20.4 Å². The second-order valence-corrected chi connectivity index (χ2v) is 6.61. The molecule has 0 saturated heterocycles. The number of carbonyl (C=O) groups excluding carboxylic acids is 1. The van der Waals surface area contributed by atoms with Crippen LogP contribution in [0.1, 0.15) is 19.4 Å². The first-order valence-corrected chi connectivity index (χ1v) is 9.56. The maximum atomic E-state index is 12.5. The molecule has 0 fully saturated rings. The average Bonchev–Trinajstić information content (AvgIpc) is 3.07. The monoisotopic (exact) mass is 398 g/mol. The predicted molar refractivity (Wildman–Crippen MR) is 113 cm³/mol. The van der Waals surface area contributed by atoms with Crippen molar-refractivity contribution < 1.29 is 14.3 Å². The maximum Gasteiger partial charge on any atom is 0.323 e. The zero-order valence-corrected chi connectivity index (χ0v) is 16.9. The number of H-pyrrole nitrogens is 2. The van der Waals surface area contributed by atoms with Crippen molar-refractivity contribution in [2.75, 3.05) is 32.1 Å². The number of nitrogens with zero attached hydrogens (tertiary/aromatic N) is 1. The highest BCUT2D eigenvalue weighted by Gasteiger charge is 2.13. The van der Waals surface area contributed by atoms with Gasteiger partial charge < -0.3 is 24.8 Å². The summed E-state index contributed by atoms with van der Waals surface area (Å²) in [7, 11) is 1.61. The van der Waals surface area contributed by atoms with Crippen LogP contribution in [0.3, 0.4) is 0 Å². The number of benzene rings is 2. The molecule has 0 bridgehead atoms. The summed E-state index contributed by atoms with van der Waals surface area (Å²) in [5.41, 5.74) is 2.75. The first-order chi connectivity index (χ1) is 14.0. The Kier molecular flexibility index (Phi) is 6.56. The number of imidazole rings is 1. The molecule has 0 aliphatic heterocycles. The van der Waals surface area contributed by atoms with Gasteiger partial charge in [-0.25, -0.2) is 4.79 Å². The van der Waals surface area contributed by atoms with Crippen LogP contribution < -0.4 is 20.5 Å². The number of nitrogens with one attached hydrogen (secondary N) is 3. The Morgan fingerprint density at radius 3 is 2.59 bits per heavy atom. The van der Waals surface area contributed by atoms with Crippen LogP contribution in [0, 0.1) is 0 Å². The highest BCUT2D eigenvalue weighted by atomic mass is 16.5. The minimum Gasteiger partial charge on any atom is -0.493 e. The summed E-state index contributed by atoms with van der Waals surface area (Å²) in [6.45, 7) is 6.07. The first kappa shape index (κ1) is 20.5. The van der Waals surface area contributed by atoms with E-state index in [0.29, 0.717) is 47.9 Å². The molecule has 3 N–H and O–H groups in total. The first-order valence-electron chi connectivity index (χ1n) is 9.56. The predicted octanol–water partition coefficient (Wildman–Crippen LogP) is 2.72. The molecule has 0 aliphatic rings. The summed E-state index contributed by atoms with van der Waals surface area (Å²) < 4.78 is 11.0. The van der Waals surface area contributed by atoms with Crippen LogP contribution in [-0.4, -0.2) is 47.6 Å². The number of anilines is 1. The average molecular weight is 398 g/mol. The molecule has 8 nitrogen and oxygen atoms in total. The quantitative estimate of drug-likeness (QED) is 0.515. The van der Waals surface area contributed by atoms with E-state index in [0.717, 1.165) is 5.56 Å². The summed E-state index contributed by atoms with van der Waals surface area (Å²) in [6.07, 6.45) is 0. The lowest BCUT2D eigenvalue weighted by atomic mass is 10.2. The third-order valence-corrected chi connectivity index (χ3v) is 4.55. The van der Waals surface area contributed by atoms with E-state index in [9.17, 15) is 9.59 Å². The molecule has 0 atom stereocenters. The lowest BCUT2D eigenvalue weighted by Crippen LogP contribution is -2.32. The van der Waals surface area contributed by atoms with Gasteiger partial charge in [-0.15, -0.1) is 0 Å². The molecular weight excluding hydrogens is 372 g/mol. The van der Waals surface area contributed by atoms with Crippen LogP contribution >= 0.6 is 0 Å². The lowest BCUT2D eigenvalue weighted by Gasteiger charge is -2.21. The number of rotatable bonds is 9. The Morgan fingerprint density at radius 2 is 1.86 bits per heavy atom. The van der Waals surface area contributed by atoms with Crippen molar-refractivity contribution in [1.29, 1.82) is 0 Å². The number of hydrogen-bond donors (Lipinski definition) is 3. The van der Waals surface area contributed by atoms with Crippen LogP contribution in [0.5, 0.6) is 11.5 Å². The molecule has 29 heavy (non-hydrogen) atoms. The fourth-order valence-electron chi connectivity index (χ4n) is 3.14. The third-order valence-electron chi connectivity index (χ3n) is 4.55. The number of methoxy groups -OCH3 is 1. The van der Waals surface area contributed by atoms with Crippen molar-refractivity contribution in [3.8, 4) is 11.5 Å². The number of aromatic amines is 2. The Hall–Kier alpha value is -3.26. The molecule has 3 rings (SSSR count). The molecule has 8 heteroatoms.